The first kappa shape index (κ1) is 48.5. The summed E-state index contributed by atoms with van der Waals surface area (Å²) in [4.78, 5) is 84.0. The average Bonchev–Trinajstić information content (AvgIpc) is 3.89. The van der Waals surface area contributed by atoms with Gasteiger partial charge in [0, 0.05) is 67.9 Å². The Morgan fingerprint density at radius 1 is 0.900 bits per heavy atom. The fourth-order valence-corrected chi connectivity index (χ4v) is 13.7. The number of anilines is 1. The Morgan fingerprint density at radius 2 is 1.69 bits per heavy atom. The van der Waals surface area contributed by atoms with Crippen LogP contribution in [0.2, 0.25) is 10.0 Å². The van der Waals surface area contributed by atoms with E-state index in [-0.39, 0.29) is 52.9 Å². The zero-order valence-electron chi connectivity index (χ0n) is 39.4. The molecule has 2 saturated carbocycles. The second-order valence-electron chi connectivity index (χ2n) is 20.7. The maximum Gasteiger partial charge on any atom is 0.329 e. The fourth-order valence-electron chi connectivity index (χ4n) is 13.3. The number of carboxylic acids is 1. The minimum absolute atomic E-state index is 0.0680. The summed E-state index contributed by atoms with van der Waals surface area (Å²) in [5, 5.41) is 23.3. The largest absolute Gasteiger partial charge is 0.480 e. The van der Waals surface area contributed by atoms with Gasteiger partial charge in [0.25, 0.3) is 0 Å². The topological polar surface area (TPSA) is 187 Å². The van der Waals surface area contributed by atoms with Crippen LogP contribution in [0.3, 0.4) is 0 Å². The van der Waals surface area contributed by atoms with Crippen LogP contribution < -0.4 is 27.0 Å². The smallest absolute Gasteiger partial charge is 0.329 e. The number of piperidine rings is 1. The quantitative estimate of drug-likeness (QED) is 0.0811. The Morgan fingerprint density at radius 3 is 2.44 bits per heavy atom. The molecule has 10 rings (SSSR count). The van der Waals surface area contributed by atoms with Crippen molar-refractivity contribution in [3.05, 3.63) is 97.6 Å². The zero-order chi connectivity index (χ0) is 49.1. The Kier molecular flexibility index (Phi) is 13.5. The molecule has 5 N–H and O–H groups in total. The monoisotopic (exact) mass is 998 g/mol. The second kappa shape index (κ2) is 19.5. The number of hydrogen-bond acceptors (Lipinski definition) is 9. The first-order valence-electron chi connectivity index (χ1n) is 25.1. The van der Waals surface area contributed by atoms with Crippen LogP contribution >= 0.6 is 23.2 Å². The van der Waals surface area contributed by atoms with Gasteiger partial charge in [0.15, 0.2) is 0 Å². The molecule has 5 heterocycles. The van der Waals surface area contributed by atoms with E-state index in [1.807, 2.05) is 24.3 Å². The summed E-state index contributed by atoms with van der Waals surface area (Å²) in [5.74, 6) is -3.36. The third-order valence-electron chi connectivity index (χ3n) is 16.7. The molecule has 0 bridgehead atoms. The van der Waals surface area contributed by atoms with Crippen LogP contribution in [0.25, 0.3) is 11.0 Å². The van der Waals surface area contributed by atoms with Crippen LogP contribution in [0.4, 0.5) is 10.1 Å². The summed E-state index contributed by atoms with van der Waals surface area (Å²) >= 11 is 12.9. The molecule has 1 aromatic heterocycles. The van der Waals surface area contributed by atoms with E-state index in [1.54, 1.807) is 31.3 Å². The minimum atomic E-state index is -1.30. The van der Waals surface area contributed by atoms with Crippen molar-refractivity contribution >= 4 is 69.5 Å². The number of halogens is 3. The Labute approximate surface area is 415 Å². The summed E-state index contributed by atoms with van der Waals surface area (Å²) in [5.41, 5.74) is 1.51. The molecule has 4 aromatic rings. The summed E-state index contributed by atoms with van der Waals surface area (Å²) in [7, 11) is 1.68. The van der Waals surface area contributed by atoms with Crippen molar-refractivity contribution in [3.63, 3.8) is 0 Å². The van der Waals surface area contributed by atoms with Crippen LogP contribution in [-0.4, -0.2) is 110 Å². The number of aliphatic carboxylic acids is 1. The highest BCUT2D eigenvalue weighted by atomic mass is 35.5. The number of nitrogens with one attached hydrogen (secondary N) is 4. The SMILES string of the molecule is Cn1c(=O)n(C2CCC(=O)NC2=O)c2ccc(CCCCN3CCN(CC4CCC(NC(=O)[C@@H]5NC6(CCCCC6)[C@@]6(C(=O)Nc7cc(Cl)ccc76)[C@H]5c5cccc(Cl)c5F)CC4)C[C@@H]3C(=O)O)cc21. The Bertz CT molecular complexity index is 2800. The molecule has 5 fully saturated rings. The normalized spacial score (nSPS) is 28.0. The van der Waals surface area contributed by atoms with Gasteiger partial charge in [-0.1, -0.05) is 66.7 Å². The molecule has 15 nitrogen and oxygen atoms in total. The molecule has 70 heavy (non-hydrogen) atoms. The molecular weight excluding hydrogens is 939 g/mol. The lowest BCUT2D eigenvalue weighted by atomic mass is 9.55. The lowest BCUT2D eigenvalue weighted by Gasteiger charge is -2.47. The van der Waals surface area contributed by atoms with Crippen LogP contribution in [0.1, 0.15) is 112 Å². The van der Waals surface area contributed by atoms with Gasteiger partial charge in [-0.25, -0.2) is 9.18 Å². The summed E-state index contributed by atoms with van der Waals surface area (Å²) in [6.07, 6.45) is 10.0. The van der Waals surface area contributed by atoms with Crippen molar-refractivity contribution in [2.45, 2.75) is 131 Å². The molecule has 5 atom stereocenters. The number of carbonyl (C=O) groups is 5. The maximum atomic E-state index is 16.4. The highest BCUT2D eigenvalue weighted by Gasteiger charge is 2.72. The van der Waals surface area contributed by atoms with E-state index >= 15 is 4.39 Å². The third kappa shape index (κ3) is 8.54. The Balaban J connectivity index is 0.747. The molecule has 2 spiro atoms. The first-order chi connectivity index (χ1) is 33.7. The number of imide groups is 1. The van der Waals surface area contributed by atoms with E-state index in [2.05, 4.69) is 31.1 Å². The number of nitrogens with zero attached hydrogens (tertiary/aromatic N) is 4. The van der Waals surface area contributed by atoms with Crippen LogP contribution in [-0.2, 0) is 42.9 Å². The van der Waals surface area contributed by atoms with Crippen molar-refractivity contribution in [1.82, 2.24) is 34.9 Å². The number of unbranched alkanes of at least 4 members (excludes halogenated alkanes) is 1. The first-order valence-corrected chi connectivity index (χ1v) is 25.8. The van der Waals surface area contributed by atoms with Crippen molar-refractivity contribution in [2.24, 2.45) is 13.0 Å². The fraction of sp³-hybridized carbons (Fsp3) is 0.538. The maximum absolute atomic E-state index is 16.4. The van der Waals surface area contributed by atoms with E-state index in [4.69, 9.17) is 23.2 Å². The second-order valence-corrected chi connectivity index (χ2v) is 21.5. The number of rotatable bonds is 12. The number of aryl methyl sites for hydroxylation is 2. The van der Waals surface area contributed by atoms with Gasteiger partial charge in [-0.2, -0.15) is 0 Å². The number of benzene rings is 3. The number of aromatic nitrogens is 2. The third-order valence-corrected chi connectivity index (χ3v) is 17.2. The van der Waals surface area contributed by atoms with Gasteiger partial charge in [0.1, 0.15) is 23.3 Å². The van der Waals surface area contributed by atoms with Crippen molar-refractivity contribution in [1.29, 1.82) is 0 Å². The van der Waals surface area contributed by atoms with E-state index in [0.29, 0.717) is 65.7 Å². The standard InChI is InChI=1S/C52H61Cl2FN8O7/c1-60-40-26-30(13-18-38(40)63(50(60)70)39-19-20-42(64)58-46(39)65)8-3-6-23-62-25-24-61(29-41(62)48(67)68)28-31-11-15-33(16-12-31)56-47(66)45-43(34-9-7-10-36(54)44(34)55)52(51(59-45)21-4-2-5-22-51)35-17-14-32(53)27-37(35)57-49(52)69/h7,9-10,13-14,17-18,26-27,31,33,39,41,43,45,59H,2-6,8,11-12,15-16,19-25,28-29H2,1H3,(H,56,66)(H,57,69)(H,67,68)(H,58,64,65)/t31?,33?,39?,41-,43+,45-,52-/m1/s1. The van der Waals surface area contributed by atoms with Gasteiger partial charge in [0.2, 0.25) is 23.6 Å². The highest BCUT2D eigenvalue weighted by molar-refractivity contribution is 6.31. The predicted molar refractivity (Wildman–Crippen MR) is 264 cm³/mol. The van der Waals surface area contributed by atoms with Crippen LogP contribution in [0.5, 0.6) is 0 Å². The number of amides is 4. The lowest BCUT2D eigenvalue weighted by molar-refractivity contribution is -0.146. The number of piperazine rings is 1. The number of fused-ring (bicyclic) bond motifs is 4. The summed E-state index contributed by atoms with van der Waals surface area (Å²) in [6, 6.07) is 13.6. The van der Waals surface area contributed by atoms with Gasteiger partial charge in [0.05, 0.1) is 22.1 Å². The van der Waals surface area contributed by atoms with Crippen molar-refractivity contribution in [2.75, 3.05) is 38.0 Å². The summed E-state index contributed by atoms with van der Waals surface area (Å²) < 4.78 is 19.4. The molecule has 372 valence electrons. The molecule has 18 heteroatoms. The van der Waals surface area contributed by atoms with Gasteiger partial charge in [-0.3, -0.25) is 53.5 Å². The van der Waals surface area contributed by atoms with Crippen LogP contribution in [0.15, 0.2) is 59.4 Å². The molecule has 2 aliphatic carbocycles. The molecular formula is C52H61Cl2FN8O7. The molecule has 4 amide bonds. The summed E-state index contributed by atoms with van der Waals surface area (Å²) in [6.45, 7) is 3.26. The van der Waals surface area contributed by atoms with E-state index in [9.17, 15) is 33.9 Å². The molecule has 6 aliphatic rings. The Hall–Kier alpha value is -5.13. The number of carboxylic acid groups (broad SMARTS) is 1. The van der Waals surface area contributed by atoms with Gasteiger partial charge in [-0.05, 0) is 124 Å². The molecule has 3 aromatic carbocycles. The van der Waals surface area contributed by atoms with Gasteiger partial charge < -0.3 is 15.7 Å². The predicted octanol–water partition coefficient (Wildman–Crippen LogP) is 6.18. The van der Waals surface area contributed by atoms with E-state index in [1.165, 1.54) is 15.2 Å². The number of carbonyl (C=O) groups excluding carboxylic acids is 4. The number of hydrogen-bond donors (Lipinski definition) is 5. The van der Waals surface area contributed by atoms with Gasteiger partial charge >= 0.3 is 11.7 Å². The van der Waals surface area contributed by atoms with E-state index in [0.717, 1.165) is 82.9 Å². The molecule has 4 aliphatic heterocycles. The molecule has 1 unspecified atom stereocenters. The minimum Gasteiger partial charge on any atom is -0.480 e. The van der Waals surface area contributed by atoms with Gasteiger partial charge in [-0.15, -0.1) is 0 Å². The van der Waals surface area contributed by atoms with Crippen molar-refractivity contribution in [3.8, 4) is 0 Å². The van der Waals surface area contributed by atoms with E-state index < -0.39 is 52.7 Å². The van der Waals surface area contributed by atoms with Crippen molar-refractivity contribution < 1.29 is 33.5 Å². The molecule has 3 saturated heterocycles. The van der Waals surface area contributed by atoms with Crippen LogP contribution in [0, 0.1) is 11.7 Å². The highest BCUT2D eigenvalue weighted by Crippen LogP contribution is 2.63. The lowest BCUT2D eigenvalue weighted by Crippen LogP contribution is -2.60. The zero-order valence-corrected chi connectivity index (χ0v) is 40.9. The molecule has 0 radical (unpaired) electrons. The average molecular weight is 1000 g/mol. The number of imidazole rings is 1.